The molecule has 2 atom stereocenters. The lowest BCUT2D eigenvalue weighted by molar-refractivity contribution is -0.118. The molecule has 0 radical (unpaired) electrons. The quantitative estimate of drug-likeness (QED) is 0.663. The van der Waals surface area contributed by atoms with Crippen LogP contribution in [0, 0.1) is 0 Å². The Bertz CT molecular complexity index is 637. The van der Waals surface area contributed by atoms with Gasteiger partial charge in [-0.15, -0.1) is 0 Å². The van der Waals surface area contributed by atoms with Crippen LogP contribution in [0.1, 0.15) is 25.7 Å². The molecule has 23 heavy (non-hydrogen) atoms. The summed E-state index contributed by atoms with van der Waals surface area (Å²) in [6, 6.07) is 2.40. The molecule has 1 aromatic rings. The highest BCUT2D eigenvalue weighted by atomic mass is 35.5. The van der Waals surface area contributed by atoms with E-state index in [1.54, 1.807) is 6.07 Å². The van der Waals surface area contributed by atoms with Gasteiger partial charge in [0.1, 0.15) is 5.75 Å². The molecular formula is C15H18ClN3O4. The van der Waals surface area contributed by atoms with Crippen molar-refractivity contribution in [3.8, 4) is 5.75 Å². The second kappa shape index (κ2) is 6.64. The van der Waals surface area contributed by atoms with Crippen molar-refractivity contribution >= 4 is 34.9 Å². The van der Waals surface area contributed by atoms with E-state index in [1.807, 2.05) is 0 Å². The average molecular weight is 340 g/mol. The summed E-state index contributed by atoms with van der Waals surface area (Å²) >= 11 is 6.13. The lowest BCUT2D eigenvalue weighted by Crippen LogP contribution is -2.46. The second-order valence-electron chi connectivity index (χ2n) is 5.72. The Balaban J connectivity index is 1.67. The van der Waals surface area contributed by atoms with Gasteiger partial charge in [0.2, 0.25) is 0 Å². The smallest absolute Gasteiger partial charge is 0.319 e. The van der Waals surface area contributed by atoms with E-state index in [1.165, 1.54) is 6.07 Å². The Hall–Kier alpha value is -1.99. The minimum absolute atomic E-state index is 0.0749. The predicted molar refractivity (Wildman–Crippen MR) is 86.0 cm³/mol. The number of nitrogens with one attached hydrogen (secondary N) is 3. The molecule has 0 bridgehead atoms. The van der Waals surface area contributed by atoms with E-state index in [0.29, 0.717) is 23.5 Å². The van der Waals surface area contributed by atoms with Gasteiger partial charge in [0, 0.05) is 6.07 Å². The molecule has 1 saturated carbocycles. The van der Waals surface area contributed by atoms with Crippen molar-refractivity contribution in [3.05, 3.63) is 17.2 Å². The lowest BCUT2D eigenvalue weighted by atomic mass is 9.93. The second-order valence-corrected chi connectivity index (χ2v) is 6.13. The zero-order chi connectivity index (χ0) is 16.4. The molecule has 124 valence electrons. The Kier molecular flexibility index (Phi) is 4.58. The number of urea groups is 1. The van der Waals surface area contributed by atoms with Gasteiger partial charge in [-0.25, -0.2) is 4.79 Å². The van der Waals surface area contributed by atoms with E-state index in [0.717, 1.165) is 19.3 Å². The maximum Gasteiger partial charge on any atom is 0.319 e. The number of aliphatic hydroxyl groups is 1. The van der Waals surface area contributed by atoms with E-state index in [4.69, 9.17) is 16.3 Å². The van der Waals surface area contributed by atoms with Crippen LogP contribution in [0.2, 0.25) is 5.02 Å². The number of hydrogen-bond donors (Lipinski definition) is 4. The highest BCUT2D eigenvalue weighted by Crippen LogP contribution is 2.36. The van der Waals surface area contributed by atoms with E-state index < -0.39 is 12.1 Å². The van der Waals surface area contributed by atoms with Gasteiger partial charge in [0.15, 0.2) is 6.61 Å². The van der Waals surface area contributed by atoms with Crippen LogP contribution < -0.4 is 20.7 Å². The van der Waals surface area contributed by atoms with Crippen LogP contribution >= 0.6 is 11.6 Å². The molecule has 1 heterocycles. The SMILES string of the molecule is O=C1COc2cc(NC(=O)N[C@H]3CCCC[C@@H]3O)c(Cl)cc2N1. The number of hydrogen-bond acceptors (Lipinski definition) is 4. The van der Waals surface area contributed by atoms with Gasteiger partial charge in [-0.2, -0.15) is 0 Å². The van der Waals surface area contributed by atoms with Crippen molar-refractivity contribution in [2.75, 3.05) is 17.2 Å². The third-order valence-electron chi connectivity index (χ3n) is 4.00. The molecule has 1 fully saturated rings. The monoisotopic (exact) mass is 339 g/mol. The number of fused-ring (bicyclic) bond motifs is 1. The first-order chi connectivity index (χ1) is 11.0. The minimum Gasteiger partial charge on any atom is -0.482 e. The molecule has 3 rings (SSSR count). The van der Waals surface area contributed by atoms with Gasteiger partial charge in [0.25, 0.3) is 5.91 Å². The first kappa shape index (κ1) is 15.9. The van der Waals surface area contributed by atoms with Gasteiger partial charge in [-0.3, -0.25) is 4.79 Å². The molecule has 8 heteroatoms. The van der Waals surface area contributed by atoms with E-state index in [-0.39, 0.29) is 23.6 Å². The summed E-state index contributed by atoms with van der Waals surface area (Å²) in [6.45, 7) is -0.0749. The van der Waals surface area contributed by atoms with Gasteiger partial charge < -0.3 is 25.8 Å². The molecule has 4 N–H and O–H groups in total. The third kappa shape index (κ3) is 3.68. The number of carbonyl (C=O) groups is 2. The fourth-order valence-corrected chi connectivity index (χ4v) is 3.01. The fourth-order valence-electron chi connectivity index (χ4n) is 2.80. The zero-order valence-electron chi connectivity index (χ0n) is 12.4. The predicted octanol–water partition coefficient (Wildman–Crippen LogP) is 2.10. The van der Waals surface area contributed by atoms with Crippen molar-refractivity contribution in [2.45, 2.75) is 37.8 Å². The lowest BCUT2D eigenvalue weighted by Gasteiger charge is -2.28. The molecule has 0 spiro atoms. The topological polar surface area (TPSA) is 99.7 Å². The number of anilines is 2. The minimum atomic E-state index is -0.521. The molecule has 3 amide bonds. The number of halogens is 1. The van der Waals surface area contributed by atoms with Gasteiger partial charge in [0.05, 0.1) is 28.5 Å². The standard InChI is InChI=1S/C15H18ClN3O4/c16-8-5-11-13(23-7-14(21)17-11)6-10(8)19-15(22)18-9-3-1-2-4-12(9)20/h5-6,9,12,20H,1-4,7H2,(H,17,21)(H2,18,19,22)/t9-,12-/m0/s1. The first-order valence-electron chi connectivity index (χ1n) is 7.54. The van der Waals surface area contributed by atoms with Crippen molar-refractivity contribution in [2.24, 2.45) is 0 Å². The number of benzene rings is 1. The van der Waals surface area contributed by atoms with E-state index in [2.05, 4.69) is 16.0 Å². The third-order valence-corrected chi connectivity index (χ3v) is 4.31. The molecule has 0 saturated heterocycles. The number of carbonyl (C=O) groups excluding carboxylic acids is 2. The molecule has 0 aromatic heterocycles. The van der Waals surface area contributed by atoms with Gasteiger partial charge >= 0.3 is 6.03 Å². The number of amides is 3. The Morgan fingerprint density at radius 1 is 1.35 bits per heavy atom. The summed E-state index contributed by atoms with van der Waals surface area (Å²) in [4.78, 5) is 23.4. The summed E-state index contributed by atoms with van der Waals surface area (Å²) in [7, 11) is 0. The van der Waals surface area contributed by atoms with E-state index >= 15 is 0 Å². The summed E-state index contributed by atoms with van der Waals surface area (Å²) in [5.74, 6) is 0.195. The molecule has 2 aliphatic rings. The normalized spacial score (nSPS) is 23.3. The Labute approximate surface area is 138 Å². The Morgan fingerprint density at radius 3 is 2.91 bits per heavy atom. The molecule has 7 nitrogen and oxygen atoms in total. The molecule has 0 unspecified atom stereocenters. The van der Waals surface area contributed by atoms with Crippen LogP contribution in [0.3, 0.4) is 0 Å². The fraction of sp³-hybridized carbons (Fsp3) is 0.467. The van der Waals surface area contributed by atoms with Crippen molar-refractivity contribution < 1.29 is 19.4 Å². The number of ether oxygens (including phenoxy) is 1. The highest BCUT2D eigenvalue weighted by Gasteiger charge is 2.25. The van der Waals surface area contributed by atoms with Crippen LogP contribution in [-0.4, -0.2) is 35.8 Å². The van der Waals surface area contributed by atoms with Gasteiger partial charge in [-0.05, 0) is 18.9 Å². The highest BCUT2D eigenvalue weighted by molar-refractivity contribution is 6.34. The van der Waals surface area contributed by atoms with Crippen LogP contribution in [0.25, 0.3) is 0 Å². The maximum atomic E-state index is 12.1. The van der Waals surface area contributed by atoms with Crippen LogP contribution in [0.5, 0.6) is 5.75 Å². The maximum absolute atomic E-state index is 12.1. The summed E-state index contributed by atoms with van der Waals surface area (Å²) in [6.07, 6.45) is 2.88. The Morgan fingerprint density at radius 2 is 2.13 bits per heavy atom. The van der Waals surface area contributed by atoms with Crippen LogP contribution in [0.4, 0.5) is 16.2 Å². The average Bonchev–Trinajstić information content (AvgIpc) is 2.50. The molecule has 1 aromatic carbocycles. The van der Waals surface area contributed by atoms with Crippen molar-refractivity contribution in [3.63, 3.8) is 0 Å². The number of aliphatic hydroxyl groups excluding tert-OH is 1. The first-order valence-corrected chi connectivity index (χ1v) is 7.92. The summed E-state index contributed by atoms with van der Waals surface area (Å²) < 4.78 is 5.30. The molecule has 1 aliphatic heterocycles. The van der Waals surface area contributed by atoms with Crippen LogP contribution in [0.15, 0.2) is 12.1 Å². The summed E-state index contributed by atoms with van der Waals surface area (Å²) in [5.41, 5.74) is 0.851. The molecular weight excluding hydrogens is 322 g/mol. The van der Waals surface area contributed by atoms with Crippen molar-refractivity contribution in [1.29, 1.82) is 0 Å². The zero-order valence-corrected chi connectivity index (χ0v) is 13.2. The molecule has 1 aliphatic carbocycles. The van der Waals surface area contributed by atoms with Crippen LogP contribution in [-0.2, 0) is 4.79 Å². The van der Waals surface area contributed by atoms with Gasteiger partial charge in [-0.1, -0.05) is 24.4 Å². The largest absolute Gasteiger partial charge is 0.482 e. The summed E-state index contributed by atoms with van der Waals surface area (Å²) in [5, 5.41) is 18.2. The van der Waals surface area contributed by atoms with E-state index in [9.17, 15) is 14.7 Å². The van der Waals surface area contributed by atoms with Crippen molar-refractivity contribution in [1.82, 2.24) is 5.32 Å². The number of rotatable bonds is 2.